The second kappa shape index (κ2) is 6.31. The molecule has 102 valence electrons. The Morgan fingerprint density at radius 3 is 3.05 bits per heavy atom. The van der Waals surface area contributed by atoms with Gasteiger partial charge in [0.1, 0.15) is 5.69 Å². The number of nitrogens with one attached hydrogen (secondary N) is 1. The van der Waals surface area contributed by atoms with E-state index in [0.717, 1.165) is 29.9 Å². The molecular weight excluding hydrogens is 242 g/mol. The maximum absolute atomic E-state index is 5.56. The molecule has 2 aromatic rings. The molecule has 6 heteroatoms. The van der Waals surface area contributed by atoms with E-state index < -0.39 is 0 Å². The maximum Gasteiger partial charge on any atom is 0.222 e. The van der Waals surface area contributed by atoms with Gasteiger partial charge in [-0.1, -0.05) is 0 Å². The number of nitrogens with zero attached hydrogens (tertiary/aromatic N) is 3. The van der Waals surface area contributed by atoms with Gasteiger partial charge in [0.2, 0.25) is 5.88 Å². The summed E-state index contributed by atoms with van der Waals surface area (Å²) >= 11 is 0. The van der Waals surface area contributed by atoms with Crippen molar-refractivity contribution in [1.29, 1.82) is 0 Å². The van der Waals surface area contributed by atoms with Crippen LogP contribution in [0.25, 0.3) is 11.3 Å². The second-order valence-corrected chi connectivity index (χ2v) is 4.35. The van der Waals surface area contributed by atoms with Crippen LogP contribution in [0.2, 0.25) is 0 Å². The van der Waals surface area contributed by atoms with Crippen molar-refractivity contribution in [2.75, 3.05) is 27.2 Å². The van der Waals surface area contributed by atoms with Crippen LogP contribution < -0.4 is 10.5 Å². The van der Waals surface area contributed by atoms with Gasteiger partial charge in [0, 0.05) is 37.6 Å². The lowest BCUT2D eigenvalue weighted by Gasteiger charge is -2.15. The Bertz CT molecular complexity index is 525. The van der Waals surface area contributed by atoms with Gasteiger partial charge in [0.15, 0.2) is 0 Å². The average molecular weight is 261 g/mol. The van der Waals surface area contributed by atoms with Gasteiger partial charge in [-0.15, -0.1) is 0 Å². The molecule has 0 aliphatic rings. The predicted octanol–water partition coefficient (Wildman–Crippen LogP) is 0.871. The first-order valence-corrected chi connectivity index (χ1v) is 6.17. The van der Waals surface area contributed by atoms with Crippen molar-refractivity contribution in [2.24, 2.45) is 5.73 Å². The third-order valence-corrected chi connectivity index (χ3v) is 2.89. The fourth-order valence-electron chi connectivity index (χ4n) is 1.99. The third kappa shape index (κ3) is 3.10. The minimum atomic E-state index is 0.581. The largest absolute Gasteiger partial charge is 0.481 e. The molecule has 0 fully saturated rings. The van der Waals surface area contributed by atoms with Crippen LogP contribution in [0.15, 0.2) is 24.5 Å². The fraction of sp³-hybridized carbons (Fsp3) is 0.385. The summed E-state index contributed by atoms with van der Waals surface area (Å²) in [5.41, 5.74) is 8.42. The molecule has 2 rings (SSSR count). The Kier molecular flexibility index (Phi) is 4.48. The number of hydrogen-bond acceptors (Lipinski definition) is 5. The minimum Gasteiger partial charge on any atom is -0.481 e. The van der Waals surface area contributed by atoms with E-state index in [-0.39, 0.29) is 0 Å². The number of pyridine rings is 1. The van der Waals surface area contributed by atoms with E-state index in [4.69, 9.17) is 10.5 Å². The third-order valence-electron chi connectivity index (χ3n) is 2.89. The van der Waals surface area contributed by atoms with Gasteiger partial charge in [-0.2, -0.15) is 5.10 Å². The molecule has 0 atom stereocenters. The summed E-state index contributed by atoms with van der Waals surface area (Å²) in [6.45, 7) is 2.26. The Labute approximate surface area is 112 Å². The Morgan fingerprint density at radius 2 is 2.32 bits per heavy atom. The molecule has 19 heavy (non-hydrogen) atoms. The molecule has 3 N–H and O–H groups in total. The first-order chi connectivity index (χ1) is 9.26. The van der Waals surface area contributed by atoms with Gasteiger partial charge < -0.3 is 15.4 Å². The van der Waals surface area contributed by atoms with Gasteiger partial charge in [0.25, 0.3) is 0 Å². The van der Waals surface area contributed by atoms with Crippen LogP contribution in [0.1, 0.15) is 5.56 Å². The van der Waals surface area contributed by atoms with Crippen LogP contribution in [0, 0.1) is 0 Å². The summed E-state index contributed by atoms with van der Waals surface area (Å²) in [6.07, 6.45) is 3.60. The number of hydrogen-bond donors (Lipinski definition) is 2. The zero-order valence-corrected chi connectivity index (χ0v) is 11.3. The molecule has 0 aliphatic heterocycles. The smallest absolute Gasteiger partial charge is 0.222 e. The number of aromatic nitrogens is 3. The molecule has 0 saturated carbocycles. The van der Waals surface area contributed by atoms with Crippen molar-refractivity contribution in [3.05, 3.63) is 30.1 Å². The summed E-state index contributed by atoms with van der Waals surface area (Å²) in [5.74, 6) is 0.581. The highest BCUT2D eigenvalue weighted by Gasteiger charge is 2.14. The molecule has 2 aromatic heterocycles. The Hall–Kier alpha value is -1.92. The van der Waals surface area contributed by atoms with Gasteiger partial charge in [0.05, 0.1) is 12.7 Å². The number of nitrogens with two attached hydrogens (primary N) is 1. The number of rotatable bonds is 6. The summed E-state index contributed by atoms with van der Waals surface area (Å²) < 4.78 is 5.28. The molecule has 0 aromatic carbocycles. The Morgan fingerprint density at radius 1 is 1.47 bits per heavy atom. The molecule has 0 radical (unpaired) electrons. The number of methoxy groups -OCH3 is 1. The standard InChI is InChI=1S/C13H19N5O/c1-18(7-5-14)9-10-8-16-17-12(10)11-4-3-6-15-13(11)19-2/h3-4,6,8H,5,7,9,14H2,1-2H3,(H,16,17). The lowest BCUT2D eigenvalue weighted by atomic mass is 10.1. The molecule has 0 saturated heterocycles. The average Bonchev–Trinajstić information content (AvgIpc) is 2.86. The van der Waals surface area contributed by atoms with Gasteiger partial charge in [-0.3, -0.25) is 5.10 Å². The van der Waals surface area contributed by atoms with E-state index >= 15 is 0 Å². The summed E-state index contributed by atoms with van der Waals surface area (Å²) in [6, 6.07) is 3.83. The van der Waals surface area contributed by atoms with Crippen molar-refractivity contribution in [1.82, 2.24) is 20.1 Å². The summed E-state index contributed by atoms with van der Waals surface area (Å²) in [7, 11) is 3.64. The lowest BCUT2D eigenvalue weighted by Crippen LogP contribution is -2.25. The van der Waals surface area contributed by atoms with E-state index in [2.05, 4.69) is 20.1 Å². The molecule has 6 nitrogen and oxygen atoms in total. The molecular formula is C13H19N5O. The predicted molar refractivity (Wildman–Crippen MR) is 73.8 cm³/mol. The quantitative estimate of drug-likeness (QED) is 0.806. The van der Waals surface area contributed by atoms with Crippen LogP contribution in [-0.2, 0) is 6.54 Å². The molecule has 0 aliphatic carbocycles. The van der Waals surface area contributed by atoms with Gasteiger partial charge in [-0.25, -0.2) is 4.98 Å². The van der Waals surface area contributed by atoms with Crippen molar-refractivity contribution in [3.63, 3.8) is 0 Å². The van der Waals surface area contributed by atoms with E-state index in [9.17, 15) is 0 Å². The number of ether oxygens (including phenoxy) is 1. The van der Waals surface area contributed by atoms with E-state index in [1.165, 1.54) is 0 Å². The SMILES string of the molecule is COc1ncccc1-c1n[nH]cc1CN(C)CCN. The van der Waals surface area contributed by atoms with Crippen molar-refractivity contribution >= 4 is 0 Å². The normalized spacial score (nSPS) is 10.9. The zero-order valence-electron chi connectivity index (χ0n) is 11.3. The maximum atomic E-state index is 5.56. The summed E-state index contributed by atoms with van der Waals surface area (Å²) in [5, 5.41) is 7.21. The summed E-state index contributed by atoms with van der Waals surface area (Å²) in [4.78, 5) is 6.35. The monoisotopic (exact) mass is 261 g/mol. The van der Waals surface area contributed by atoms with Crippen LogP contribution >= 0.6 is 0 Å². The molecule has 0 bridgehead atoms. The van der Waals surface area contributed by atoms with Crippen LogP contribution in [0.3, 0.4) is 0 Å². The Balaban J connectivity index is 2.28. The second-order valence-electron chi connectivity index (χ2n) is 4.35. The van der Waals surface area contributed by atoms with E-state index in [1.807, 2.05) is 25.4 Å². The topological polar surface area (TPSA) is 80.1 Å². The van der Waals surface area contributed by atoms with Crippen LogP contribution in [0.5, 0.6) is 5.88 Å². The first-order valence-electron chi connectivity index (χ1n) is 6.17. The van der Waals surface area contributed by atoms with Crippen molar-refractivity contribution in [2.45, 2.75) is 6.54 Å². The van der Waals surface area contributed by atoms with Gasteiger partial charge >= 0.3 is 0 Å². The van der Waals surface area contributed by atoms with Crippen LogP contribution in [-0.4, -0.2) is 47.3 Å². The highest BCUT2D eigenvalue weighted by molar-refractivity contribution is 5.67. The lowest BCUT2D eigenvalue weighted by molar-refractivity contribution is 0.336. The first kappa shape index (κ1) is 13.5. The highest BCUT2D eigenvalue weighted by Crippen LogP contribution is 2.28. The van der Waals surface area contributed by atoms with Crippen LogP contribution in [0.4, 0.5) is 0 Å². The molecule has 0 spiro atoms. The van der Waals surface area contributed by atoms with Crippen molar-refractivity contribution < 1.29 is 4.74 Å². The molecule has 0 amide bonds. The number of aromatic amines is 1. The highest BCUT2D eigenvalue weighted by atomic mass is 16.5. The fourth-order valence-corrected chi connectivity index (χ4v) is 1.99. The molecule has 0 unspecified atom stereocenters. The minimum absolute atomic E-state index is 0.581. The van der Waals surface area contributed by atoms with Gasteiger partial charge in [-0.05, 0) is 19.2 Å². The van der Waals surface area contributed by atoms with E-state index in [1.54, 1.807) is 13.3 Å². The van der Waals surface area contributed by atoms with Crippen molar-refractivity contribution in [3.8, 4) is 17.1 Å². The molecule has 2 heterocycles. The van der Waals surface area contributed by atoms with E-state index in [0.29, 0.717) is 12.4 Å². The zero-order chi connectivity index (χ0) is 13.7. The number of likely N-dealkylation sites (N-methyl/N-ethyl adjacent to an activating group) is 1. The number of H-pyrrole nitrogens is 1.